The topological polar surface area (TPSA) is 97.4 Å². The Hall–Kier alpha value is -2.82. The number of aryl methyl sites for hydroxylation is 1. The van der Waals surface area contributed by atoms with Crippen molar-refractivity contribution in [1.29, 1.82) is 10.8 Å². The molecule has 4 N–H and O–H groups in total. The fourth-order valence-corrected chi connectivity index (χ4v) is 2.53. The molecular weight excluding hydrogens is 280 g/mol. The second-order valence-electron chi connectivity index (χ2n) is 5.07. The summed E-state index contributed by atoms with van der Waals surface area (Å²) >= 11 is 0. The van der Waals surface area contributed by atoms with Gasteiger partial charge in [-0.1, -0.05) is 24.8 Å². The Kier molecular flexibility index (Phi) is 3.91. The molecule has 0 aliphatic carbocycles. The molecule has 0 bridgehead atoms. The molecule has 0 saturated carbocycles. The normalized spacial score (nSPS) is 10.5. The summed E-state index contributed by atoms with van der Waals surface area (Å²) in [5, 5.41) is 38.1. The van der Waals surface area contributed by atoms with E-state index in [0.717, 1.165) is 5.56 Å². The Morgan fingerprint density at radius 3 is 2.32 bits per heavy atom. The number of allylic oxidation sites excluding steroid dienone is 1. The molecule has 0 aliphatic rings. The second kappa shape index (κ2) is 5.52. The lowest BCUT2D eigenvalue weighted by molar-refractivity contribution is 0.316. The van der Waals surface area contributed by atoms with Gasteiger partial charge in [0.15, 0.2) is 0 Å². The number of fused-ring (bicyclic) bond motifs is 1. The van der Waals surface area contributed by atoms with Gasteiger partial charge in [0.2, 0.25) is 0 Å². The van der Waals surface area contributed by atoms with E-state index in [2.05, 4.69) is 6.58 Å². The largest absolute Gasteiger partial charge is 0.507 e. The highest BCUT2D eigenvalue weighted by Crippen LogP contribution is 2.42. The van der Waals surface area contributed by atoms with Crippen LogP contribution in [0, 0.1) is 17.7 Å². The van der Waals surface area contributed by atoms with Gasteiger partial charge in [-0.3, -0.25) is 5.41 Å². The average Bonchev–Trinajstić information content (AvgIpc) is 2.48. The van der Waals surface area contributed by atoms with Gasteiger partial charge in [0, 0.05) is 16.5 Å². The number of nitrogens with one attached hydrogen (secondary N) is 2. The molecule has 0 unspecified atom stereocenters. The number of benzene rings is 2. The van der Waals surface area contributed by atoms with Crippen molar-refractivity contribution in [1.82, 2.24) is 0 Å². The fraction of sp³-hybridized carbons (Fsp3) is 0.176. The lowest BCUT2D eigenvalue weighted by Gasteiger charge is -2.18. The second-order valence-corrected chi connectivity index (χ2v) is 5.07. The molecule has 0 aliphatic heterocycles. The van der Waals surface area contributed by atoms with Crippen LogP contribution in [0.1, 0.15) is 23.6 Å². The van der Waals surface area contributed by atoms with Crippen LogP contribution in [-0.2, 0) is 4.74 Å². The van der Waals surface area contributed by atoms with Crippen LogP contribution in [0.3, 0.4) is 0 Å². The first kappa shape index (κ1) is 15.6. The molecule has 0 spiro atoms. The number of phenolic OH excluding ortho intramolecular Hbond substituents is 2. The van der Waals surface area contributed by atoms with Crippen LogP contribution in [0.25, 0.3) is 10.8 Å². The highest BCUT2D eigenvalue weighted by Gasteiger charge is 2.25. The van der Waals surface area contributed by atoms with E-state index < -0.39 is 0 Å². The number of ether oxygens (including phenoxy) is 1. The predicted molar refractivity (Wildman–Crippen MR) is 87.5 cm³/mol. The van der Waals surface area contributed by atoms with Gasteiger partial charge in [-0.15, -0.1) is 0 Å². The van der Waals surface area contributed by atoms with Crippen molar-refractivity contribution in [3.63, 3.8) is 0 Å². The van der Waals surface area contributed by atoms with Gasteiger partial charge < -0.3 is 20.4 Å². The molecule has 0 saturated heterocycles. The predicted octanol–water partition coefficient (Wildman–Crippen LogP) is 3.48. The minimum absolute atomic E-state index is 0.0415. The molecule has 0 fully saturated rings. The molecule has 22 heavy (non-hydrogen) atoms. The van der Waals surface area contributed by atoms with Crippen LogP contribution in [0.5, 0.6) is 11.5 Å². The van der Waals surface area contributed by atoms with Crippen molar-refractivity contribution in [3.05, 3.63) is 47.2 Å². The van der Waals surface area contributed by atoms with Crippen molar-refractivity contribution in [2.24, 2.45) is 0 Å². The Balaban J connectivity index is 3.01. The Morgan fingerprint density at radius 1 is 1.14 bits per heavy atom. The van der Waals surface area contributed by atoms with Crippen molar-refractivity contribution >= 4 is 22.2 Å². The van der Waals surface area contributed by atoms with Gasteiger partial charge in [0.1, 0.15) is 23.0 Å². The van der Waals surface area contributed by atoms with E-state index in [1.165, 1.54) is 14.0 Å². The van der Waals surface area contributed by atoms with Crippen LogP contribution < -0.4 is 0 Å². The lowest BCUT2D eigenvalue weighted by Crippen LogP contribution is -2.11. The molecule has 0 amide bonds. The first-order chi connectivity index (χ1) is 10.3. The first-order valence-corrected chi connectivity index (χ1v) is 6.66. The Labute approximate surface area is 128 Å². The zero-order valence-electron chi connectivity index (χ0n) is 12.7. The monoisotopic (exact) mass is 298 g/mol. The van der Waals surface area contributed by atoms with E-state index in [0.29, 0.717) is 10.8 Å². The number of methoxy groups -OCH3 is 1. The van der Waals surface area contributed by atoms with Crippen molar-refractivity contribution in [3.8, 4) is 11.5 Å². The molecule has 2 aromatic carbocycles. The minimum Gasteiger partial charge on any atom is -0.507 e. The molecule has 2 aromatic rings. The Morgan fingerprint density at radius 2 is 1.77 bits per heavy atom. The highest BCUT2D eigenvalue weighted by molar-refractivity contribution is 6.22. The van der Waals surface area contributed by atoms with Crippen molar-refractivity contribution in [2.45, 2.75) is 13.8 Å². The third-order valence-corrected chi connectivity index (χ3v) is 3.64. The van der Waals surface area contributed by atoms with Crippen molar-refractivity contribution < 1.29 is 14.9 Å². The summed E-state index contributed by atoms with van der Waals surface area (Å²) in [5.41, 5.74) is 0.802. The summed E-state index contributed by atoms with van der Waals surface area (Å²) < 4.78 is 4.96. The van der Waals surface area contributed by atoms with Gasteiger partial charge in [-0.2, -0.15) is 0 Å². The molecule has 114 valence electrons. The smallest absolute Gasteiger partial charge is 0.137 e. The number of phenols is 2. The maximum Gasteiger partial charge on any atom is 0.137 e. The van der Waals surface area contributed by atoms with E-state index in [1.807, 2.05) is 0 Å². The number of rotatable bonds is 4. The fourth-order valence-electron chi connectivity index (χ4n) is 2.53. The zero-order valence-corrected chi connectivity index (χ0v) is 12.7. The SMILES string of the molecule is C=C(OC)C(=N)c1c(C(C)=N)c(O)c2cccc(C)c2c1O. The molecule has 2 rings (SSSR count). The third-order valence-electron chi connectivity index (χ3n) is 3.64. The summed E-state index contributed by atoms with van der Waals surface area (Å²) in [6, 6.07) is 5.23. The molecule has 0 radical (unpaired) electrons. The van der Waals surface area contributed by atoms with Crippen LogP contribution in [0.2, 0.25) is 0 Å². The van der Waals surface area contributed by atoms with Gasteiger partial charge in [0.25, 0.3) is 0 Å². The van der Waals surface area contributed by atoms with Gasteiger partial charge in [-0.25, -0.2) is 0 Å². The van der Waals surface area contributed by atoms with Crippen molar-refractivity contribution in [2.75, 3.05) is 7.11 Å². The molecular formula is C17H18N2O3. The van der Waals surface area contributed by atoms with E-state index in [1.54, 1.807) is 25.1 Å². The molecule has 5 nitrogen and oxygen atoms in total. The molecule has 5 heteroatoms. The quantitative estimate of drug-likeness (QED) is 0.395. The van der Waals surface area contributed by atoms with E-state index >= 15 is 0 Å². The van der Waals surface area contributed by atoms with Crippen LogP contribution >= 0.6 is 0 Å². The number of aromatic hydroxyl groups is 2. The number of hydrogen-bond acceptors (Lipinski definition) is 5. The maximum atomic E-state index is 10.7. The maximum absolute atomic E-state index is 10.7. The van der Waals surface area contributed by atoms with E-state index in [9.17, 15) is 10.2 Å². The molecule has 0 heterocycles. The summed E-state index contributed by atoms with van der Waals surface area (Å²) in [7, 11) is 1.37. The standard InChI is InChI=1S/C17H18N2O3/c1-8-6-5-7-11-12(8)17(21)14(15(19)10(3)22-4)13(9(2)18)16(11)20/h5-7,18-21H,3H2,1-2,4H3. The average molecular weight is 298 g/mol. The summed E-state index contributed by atoms with van der Waals surface area (Å²) in [5.74, 6) is -0.242. The van der Waals surface area contributed by atoms with Gasteiger partial charge in [-0.05, 0) is 19.4 Å². The lowest BCUT2D eigenvalue weighted by atomic mass is 9.90. The third kappa shape index (κ3) is 2.20. The summed E-state index contributed by atoms with van der Waals surface area (Å²) in [6.07, 6.45) is 0. The zero-order chi connectivity index (χ0) is 16.6. The van der Waals surface area contributed by atoms with Gasteiger partial charge >= 0.3 is 0 Å². The van der Waals surface area contributed by atoms with Crippen LogP contribution in [-0.4, -0.2) is 28.7 Å². The molecule has 0 aromatic heterocycles. The van der Waals surface area contributed by atoms with Crippen LogP contribution in [0.4, 0.5) is 0 Å². The molecule has 0 atom stereocenters. The highest BCUT2D eigenvalue weighted by atomic mass is 16.5. The summed E-state index contributed by atoms with van der Waals surface area (Å²) in [4.78, 5) is 0. The minimum atomic E-state index is -0.165. The first-order valence-electron chi connectivity index (χ1n) is 6.66. The van der Waals surface area contributed by atoms with Gasteiger partial charge in [0.05, 0.1) is 18.2 Å². The summed E-state index contributed by atoms with van der Waals surface area (Å²) in [6.45, 7) is 6.90. The van der Waals surface area contributed by atoms with E-state index in [4.69, 9.17) is 15.6 Å². The Bertz CT molecular complexity index is 822. The van der Waals surface area contributed by atoms with E-state index in [-0.39, 0.29) is 39.8 Å². The van der Waals surface area contributed by atoms with Crippen LogP contribution in [0.15, 0.2) is 30.5 Å². The number of hydrogen-bond donors (Lipinski definition) is 4.